The Hall–Kier alpha value is -1.06. The lowest BCUT2D eigenvalue weighted by Crippen LogP contribution is -1.84. The van der Waals surface area contributed by atoms with Crippen LogP contribution in [0.2, 0.25) is 5.02 Å². The Kier molecular flexibility index (Phi) is 2.93. The lowest BCUT2D eigenvalue weighted by atomic mass is 10.2. The molecular weight excluding hydrogens is 240 g/mol. The molecule has 0 bridgehead atoms. The summed E-state index contributed by atoms with van der Waals surface area (Å²) in [6, 6.07) is 4.45. The molecule has 0 N–H and O–H groups in total. The predicted molar refractivity (Wildman–Crippen MR) is 56.5 cm³/mol. The average molecular weight is 246 g/mol. The lowest BCUT2D eigenvalue weighted by Gasteiger charge is -1.99. The molecule has 1 heterocycles. The van der Waals surface area contributed by atoms with Crippen molar-refractivity contribution in [1.29, 1.82) is 0 Å². The van der Waals surface area contributed by atoms with Crippen molar-refractivity contribution < 1.29 is 8.81 Å². The van der Waals surface area contributed by atoms with Gasteiger partial charge in [-0.3, -0.25) is 0 Å². The second kappa shape index (κ2) is 4.21. The van der Waals surface area contributed by atoms with E-state index in [4.69, 9.17) is 27.6 Å². The molecule has 0 spiro atoms. The van der Waals surface area contributed by atoms with E-state index in [0.29, 0.717) is 11.3 Å². The first-order valence-electron chi connectivity index (χ1n) is 4.17. The summed E-state index contributed by atoms with van der Waals surface area (Å²) in [6.45, 7) is 0. The molecule has 0 fully saturated rings. The number of aromatic nitrogens is 1. The molecule has 78 valence electrons. The second-order valence-electron chi connectivity index (χ2n) is 2.88. The van der Waals surface area contributed by atoms with Crippen LogP contribution in [-0.4, -0.2) is 4.98 Å². The highest BCUT2D eigenvalue weighted by Crippen LogP contribution is 2.29. The predicted octanol–water partition coefficient (Wildman–Crippen LogP) is 3.87. The van der Waals surface area contributed by atoms with Crippen molar-refractivity contribution >= 4 is 23.2 Å². The quantitative estimate of drug-likeness (QED) is 0.751. The van der Waals surface area contributed by atoms with Gasteiger partial charge in [-0.1, -0.05) is 17.7 Å². The SMILES string of the molecule is Fc1cccc(-c2nc(CCl)co2)c1Cl. The summed E-state index contributed by atoms with van der Waals surface area (Å²) in [6.07, 6.45) is 1.42. The molecule has 0 aliphatic rings. The van der Waals surface area contributed by atoms with Crippen LogP contribution >= 0.6 is 23.2 Å². The molecule has 1 aromatic heterocycles. The van der Waals surface area contributed by atoms with Gasteiger partial charge in [0.1, 0.15) is 12.1 Å². The van der Waals surface area contributed by atoms with E-state index in [9.17, 15) is 4.39 Å². The number of rotatable bonds is 2. The highest BCUT2D eigenvalue weighted by atomic mass is 35.5. The summed E-state index contributed by atoms with van der Waals surface area (Å²) in [4.78, 5) is 4.05. The molecule has 2 nitrogen and oxygen atoms in total. The van der Waals surface area contributed by atoms with Crippen LogP contribution in [0.4, 0.5) is 4.39 Å². The van der Waals surface area contributed by atoms with Crippen molar-refractivity contribution in [2.45, 2.75) is 5.88 Å². The molecule has 0 atom stereocenters. The topological polar surface area (TPSA) is 26.0 Å². The first-order chi connectivity index (χ1) is 7.22. The minimum absolute atomic E-state index is 0.000437. The van der Waals surface area contributed by atoms with Crippen LogP contribution in [0.15, 0.2) is 28.9 Å². The number of hydrogen-bond donors (Lipinski definition) is 0. The van der Waals surface area contributed by atoms with E-state index < -0.39 is 5.82 Å². The summed E-state index contributed by atoms with van der Waals surface area (Å²) in [5.41, 5.74) is 1.01. The largest absolute Gasteiger partial charge is 0.444 e. The summed E-state index contributed by atoms with van der Waals surface area (Å²) in [5, 5.41) is 0.000437. The number of oxazole rings is 1. The van der Waals surface area contributed by atoms with Gasteiger partial charge in [0.05, 0.1) is 22.2 Å². The zero-order valence-electron chi connectivity index (χ0n) is 7.51. The fourth-order valence-corrected chi connectivity index (χ4v) is 1.49. The monoisotopic (exact) mass is 245 g/mol. The van der Waals surface area contributed by atoms with Crippen LogP contribution in [0.1, 0.15) is 5.69 Å². The zero-order chi connectivity index (χ0) is 10.8. The Balaban J connectivity index is 2.49. The van der Waals surface area contributed by atoms with Crippen molar-refractivity contribution in [2.24, 2.45) is 0 Å². The summed E-state index contributed by atoms with van der Waals surface area (Å²) >= 11 is 11.3. The van der Waals surface area contributed by atoms with Gasteiger partial charge in [-0.15, -0.1) is 11.6 Å². The van der Waals surface area contributed by atoms with E-state index in [2.05, 4.69) is 4.98 Å². The van der Waals surface area contributed by atoms with Gasteiger partial charge < -0.3 is 4.42 Å². The van der Waals surface area contributed by atoms with Crippen LogP contribution in [0.25, 0.3) is 11.5 Å². The van der Waals surface area contributed by atoms with E-state index >= 15 is 0 Å². The van der Waals surface area contributed by atoms with Crippen molar-refractivity contribution in [2.75, 3.05) is 0 Å². The first-order valence-corrected chi connectivity index (χ1v) is 5.08. The average Bonchev–Trinajstić information content (AvgIpc) is 2.70. The molecule has 0 unspecified atom stereocenters. The normalized spacial score (nSPS) is 10.6. The van der Waals surface area contributed by atoms with E-state index in [0.717, 1.165) is 0 Å². The lowest BCUT2D eigenvalue weighted by molar-refractivity contribution is 0.571. The third-order valence-electron chi connectivity index (χ3n) is 1.87. The van der Waals surface area contributed by atoms with E-state index in [-0.39, 0.29) is 16.8 Å². The maximum absolute atomic E-state index is 13.1. The molecule has 5 heteroatoms. The van der Waals surface area contributed by atoms with Crippen LogP contribution in [-0.2, 0) is 5.88 Å². The minimum Gasteiger partial charge on any atom is -0.444 e. The Morgan fingerprint density at radius 3 is 2.87 bits per heavy atom. The molecule has 2 aromatic rings. The third kappa shape index (κ3) is 1.98. The molecular formula is C10H6Cl2FNO. The van der Waals surface area contributed by atoms with Crippen molar-refractivity contribution in [1.82, 2.24) is 4.98 Å². The molecule has 2 rings (SSSR count). The van der Waals surface area contributed by atoms with Crippen molar-refractivity contribution in [3.8, 4) is 11.5 Å². The highest BCUT2D eigenvalue weighted by molar-refractivity contribution is 6.33. The standard InChI is InChI=1S/C10H6Cl2FNO/c11-4-6-5-15-10(14-6)7-2-1-3-8(13)9(7)12/h1-3,5H,4H2. The summed E-state index contributed by atoms with van der Waals surface area (Å²) in [7, 11) is 0. The summed E-state index contributed by atoms with van der Waals surface area (Å²) < 4.78 is 18.3. The molecule has 0 radical (unpaired) electrons. The van der Waals surface area contributed by atoms with E-state index in [1.165, 1.54) is 12.3 Å². The number of nitrogens with zero attached hydrogens (tertiary/aromatic N) is 1. The van der Waals surface area contributed by atoms with Gasteiger partial charge in [0.2, 0.25) is 5.89 Å². The van der Waals surface area contributed by atoms with Gasteiger partial charge in [0.25, 0.3) is 0 Å². The third-order valence-corrected chi connectivity index (χ3v) is 2.53. The van der Waals surface area contributed by atoms with E-state index in [1.807, 2.05) is 0 Å². The Bertz CT molecular complexity index is 484. The van der Waals surface area contributed by atoms with Crippen molar-refractivity contribution in [3.05, 3.63) is 41.0 Å². The van der Waals surface area contributed by atoms with Gasteiger partial charge in [-0.25, -0.2) is 9.37 Å². The van der Waals surface area contributed by atoms with E-state index in [1.54, 1.807) is 12.1 Å². The van der Waals surface area contributed by atoms with Gasteiger partial charge >= 0.3 is 0 Å². The number of halogens is 3. The number of hydrogen-bond acceptors (Lipinski definition) is 2. The fourth-order valence-electron chi connectivity index (χ4n) is 1.16. The van der Waals surface area contributed by atoms with Crippen molar-refractivity contribution in [3.63, 3.8) is 0 Å². The number of alkyl halides is 1. The fraction of sp³-hybridized carbons (Fsp3) is 0.100. The van der Waals surface area contributed by atoms with Gasteiger partial charge in [0.15, 0.2) is 0 Å². The second-order valence-corrected chi connectivity index (χ2v) is 3.52. The zero-order valence-corrected chi connectivity index (χ0v) is 9.02. The molecule has 1 aromatic carbocycles. The summed E-state index contributed by atoms with van der Waals surface area (Å²) in [5.74, 6) is 0.0196. The molecule has 0 saturated carbocycles. The molecule has 15 heavy (non-hydrogen) atoms. The smallest absolute Gasteiger partial charge is 0.227 e. The number of benzene rings is 1. The molecule has 0 saturated heterocycles. The highest BCUT2D eigenvalue weighted by Gasteiger charge is 2.12. The molecule has 0 aliphatic carbocycles. The van der Waals surface area contributed by atoms with Gasteiger partial charge in [-0.2, -0.15) is 0 Å². The van der Waals surface area contributed by atoms with Crippen LogP contribution in [0, 0.1) is 5.82 Å². The van der Waals surface area contributed by atoms with Gasteiger partial charge in [-0.05, 0) is 12.1 Å². The van der Waals surface area contributed by atoms with Gasteiger partial charge in [0, 0.05) is 0 Å². The Labute approximate surface area is 95.6 Å². The van der Waals surface area contributed by atoms with Crippen LogP contribution in [0.3, 0.4) is 0 Å². The van der Waals surface area contributed by atoms with Crippen LogP contribution in [0.5, 0.6) is 0 Å². The molecule has 0 aliphatic heterocycles. The minimum atomic E-state index is -0.500. The Morgan fingerprint density at radius 1 is 1.40 bits per heavy atom. The maximum atomic E-state index is 13.1. The Morgan fingerprint density at radius 2 is 2.20 bits per heavy atom. The molecule has 0 amide bonds. The first kappa shape index (κ1) is 10.5. The van der Waals surface area contributed by atoms with Crippen LogP contribution < -0.4 is 0 Å². The maximum Gasteiger partial charge on any atom is 0.227 e.